The summed E-state index contributed by atoms with van der Waals surface area (Å²) >= 11 is 1.20. The van der Waals surface area contributed by atoms with E-state index in [2.05, 4.69) is 5.32 Å². The Labute approximate surface area is 166 Å². The fourth-order valence-corrected chi connectivity index (χ4v) is 3.14. The number of nitrogens with zero attached hydrogens (tertiary/aromatic N) is 1. The van der Waals surface area contributed by atoms with Gasteiger partial charge < -0.3 is 15.0 Å². The smallest absolute Gasteiger partial charge is 0.315 e. The first-order valence-electron chi connectivity index (χ1n) is 9.19. The highest BCUT2D eigenvalue weighted by Gasteiger charge is 2.22. The summed E-state index contributed by atoms with van der Waals surface area (Å²) in [6, 6.07) is 5.66. The number of thioether (sulfide) groups is 1. The molecule has 0 heterocycles. The average molecular weight is 395 g/mol. The van der Waals surface area contributed by atoms with Crippen LogP contribution in [0, 0.1) is 13.8 Å². The lowest BCUT2D eigenvalue weighted by molar-refractivity contribution is -0.139. The lowest BCUT2D eigenvalue weighted by Crippen LogP contribution is -2.44. The highest BCUT2D eigenvalue weighted by molar-refractivity contribution is 8.00. The van der Waals surface area contributed by atoms with E-state index >= 15 is 0 Å². The highest BCUT2D eigenvalue weighted by atomic mass is 32.2. The fraction of sp³-hybridized carbons (Fsp3) is 0.550. The van der Waals surface area contributed by atoms with E-state index in [4.69, 9.17) is 4.74 Å². The van der Waals surface area contributed by atoms with Crippen molar-refractivity contribution in [1.29, 1.82) is 0 Å². The van der Waals surface area contributed by atoms with Gasteiger partial charge in [0, 0.05) is 11.7 Å². The molecule has 1 N–H and O–H groups in total. The number of benzene rings is 1. The molecule has 0 bridgehead atoms. The van der Waals surface area contributed by atoms with Crippen molar-refractivity contribution in [1.82, 2.24) is 4.90 Å². The van der Waals surface area contributed by atoms with Crippen LogP contribution in [0.5, 0.6) is 0 Å². The van der Waals surface area contributed by atoms with Crippen molar-refractivity contribution >= 4 is 35.2 Å². The number of esters is 1. The molecular formula is C20H30N2O4S. The summed E-state index contributed by atoms with van der Waals surface area (Å²) in [6.07, 6.45) is 0.741. The van der Waals surface area contributed by atoms with Crippen molar-refractivity contribution in [2.45, 2.75) is 47.1 Å². The molecule has 6 nitrogen and oxygen atoms in total. The lowest BCUT2D eigenvalue weighted by Gasteiger charge is -2.28. The first-order valence-corrected chi connectivity index (χ1v) is 10.3. The zero-order valence-electron chi connectivity index (χ0n) is 16.8. The lowest BCUT2D eigenvalue weighted by atomic mass is 10.1. The van der Waals surface area contributed by atoms with Gasteiger partial charge in [-0.2, -0.15) is 0 Å². The molecule has 1 aromatic rings. The summed E-state index contributed by atoms with van der Waals surface area (Å²) < 4.78 is 4.86. The summed E-state index contributed by atoms with van der Waals surface area (Å²) in [5.41, 5.74) is 2.86. The van der Waals surface area contributed by atoms with Gasteiger partial charge in [-0.1, -0.05) is 19.1 Å². The summed E-state index contributed by atoms with van der Waals surface area (Å²) in [4.78, 5) is 38.0. The van der Waals surface area contributed by atoms with Gasteiger partial charge in [0.05, 0.1) is 18.1 Å². The van der Waals surface area contributed by atoms with Crippen molar-refractivity contribution in [2.75, 3.05) is 30.0 Å². The molecule has 7 heteroatoms. The molecule has 0 fully saturated rings. The first-order chi connectivity index (χ1) is 12.8. The molecule has 0 saturated carbocycles. The minimum Gasteiger partial charge on any atom is -0.465 e. The fourth-order valence-electron chi connectivity index (χ4n) is 2.45. The van der Waals surface area contributed by atoms with Gasteiger partial charge in [-0.3, -0.25) is 14.4 Å². The average Bonchev–Trinajstić information content (AvgIpc) is 2.63. The molecule has 0 radical (unpaired) electrons. The quantitative estimate of drug-likeness (QED) is 0.617. The van der Waals surface area contributed by atoms with E-state index in [1.807, 2.05) is 45.9 Å². The number of hydrogen-bond acceptors (Lipinski definition) is 5. The molecule has 0 spiro atoms. The normalized spacial score (nSPS) is 11.6. The Hall–Kier alpha value is -2.02. The Morgan fingerprint density at radius 1 is 1.19 bits per heavy atom. The van der Waals surface area contributed by atoms with Crippen molar-refractivity contribution in [3.63, 3.8) is 0 Å². The van der Waals surface area contributed by atoms with Crippen LogP contribution in [0.4, 0.5) is 5.69 Å². The standard InChI is InChI=1S/C20H30N2O4S/c1-6-15(4)22(19(24)12-27-13-20(25)26-7-2)11-18(23)21-17-10-8-9-14(3)16(17)5/h8-10,15H,6-7,11-13H2,1-5H3,(H,21,23)/t15-/m0/s1. The molecule has 0 unspecified atom stereocenters. The maximum Gasteiger partial charge on any atom is 0.315 e. The van der Waals surface area contributed by atoms with Crippen LogP contribution in [0.15, 0.2) is 18.2 Å². The number of anilines is 1. The van der Waals surface area contributed by atoms with Gasteiger partial charge in [0.2, 0.25) is 11.8 Å². The molecule has 1 atom stereocenters. The maximum atomic E-state index is 12.6. The summed E-state index contributed by atoms with van der Waals surface area (Å²) in [5, 5.41) is 2.89. The Morgan fingerprint density at radius 3 is 2.52 bits per heavy atom. The number of rotatable bonds is 10. The van der Waals surface area contributed by atoms with Gasteiger partial charge in [-0.25, -0.2) is 0 Å². The molecule has 2 amide bonds. The molecule has 0 saturated heterocycles. The Morgan fingerprint density at radius 2 is 1.89 bits per heavy atom. The second kappa shape index (κ2) is 11.6. The van der Waals surface area contributed by atoms with Crippen LogP contribution in [-0.2, 0) is 19.1 Å². The van der Waals surface area contributed by atoms with Crippen LogP contribution in [-0.4, -0.2) is 53.4 Å². The Balaban J connectivity index is 2.68. The SMILES string of the molecule is CCOC(=O)CSCC(=O)N(CC(=O)Nc1cccc(C)c1C)[C@@H](C)CC. The summed E-state index contributed by atoms with van der Waals surface area (Å²) in [5.74, 6) is -0.455. The van der Waals surface area contributed by atoms with Crippen LogP contribution < -0.4 is 5.32 Å². The second-order valence-corrected chi connectivity index (χ2v) is 7.36. The Bertz CT molecular complexity index is 663. The van der Waals surface area contributed by atoms with Crippen molar-refractivity contribution in [2.24, 2.45) is 0 Å². The predicted molar refractivity (Wildman–Crippen MR) is 110 cm³/mol. The zero-order valence-corrected chi connectivity index (χ0v) is 17.6. The topological polar surface area (TPSA) is 75.7 Å². The van der Waals surface area contributed by atoms with E-state index in [0.29, 0.717) is 6.61 Å². The van der Waals surface area contributed by atoms with Crippen molar-refractivity contribution in [3.8, 4) is 0 Å². The Kier molecular flexibility index (Phi) is 9.93. The number of nitrogens with one attached hydrogen (secondary N) is 1. The zero-order chi connectivity index (χ0) is 20.4. The summed E-state index contributed by atoms with van der Waals surface area (Å²) in [6.45, 7) is 9.88. The monoisotopic (exact) mass is 394 g/mol. The molecule has 0 aliphatic heterocycles. The van der Waals surface area contributed by atoms with E-state index in [9.17, 15) is 14.4 Å². The number of hydrogen-bond donors (Lipinski definition) is 1. The van der Waals surface area contributed by atoms with E-state index in [1.165, 1.54) is 11.8 Å². The number of carbonyl (C=O) groups excluding carboxylic acids is 3. The molecule has 0 aliphatic carbocycles. The van der Waals surface area contributed by atoms with Crippen LogP contribution in [0.2, 0.25) is 0 Å². The first kappa shape index (κ1) is 23.0. The van der Waals surface area contributed by atoms with Gasteiger partial charge in [-0.15, -0.1) is 11.8 Å². The van der Waals surface area contributed by atoms with Crippen molar-refractivity contribution in [3.05, 3.63) is 29.3 Å². The van der Waals surface area contributed by atoms with E-state index in [-0.39, 0.29) is 41.9 Å². The van der Waals surface area contributed by atoms with Gasteiger partial charge in [0.15, 0.2) is 0 Å². The largest absolute Gasteiger partial charge is 0.465 e. The number of ether oxygens (including phenoxy) is 1. The minimum absolute atomic E-state index is 0.0127. The summed E-state index contributed by atoms with van der Waals surface area (Å²) in [7, 11) is 0. The molecular weight excluding hydrogens is 364 g/mol. The molecule has 0 aliphatic rings. The number of aryl methyl sites for hydroxylation is 1. The minimum atomic E-state index is -0.335. The number of carbonyl (C=O) groups is 3. The molecule has 1 aromatic carbocycles. The second-order valence-electron chi connectivity index (χ2n) is 6.37. The van der Waals surface area contributed by atoms with Gasteiger partial charge in [0.25, 0.3) is 0 Å². The molecule has 150 valence electrons. The number of amides is 2. The van der Waals surface area contributed by atoms with E-state index in [1.54, 1.807) is 11.8 Å². The van der Waals surface area contributed by atoms with E-state index < -0.39 is 0 Å². The predicted octanol–water partition coefficient (Wildman–Crippen LogP) is 3.17. The third-order valence-electron chi connectivity index (χ3n) is 4.39. The maximum absolute atomic E-state index is 12.6. The van der Waals surface area contributed by atoms with E-state index in [0.717, 1.165) is 23.2 Å². The van der Waals surface area contributed by atoms with Crippen LogP contribution in [0.1, 0.15) is 38.3 Å². The molecule has 1 rings (SSSR count). The molecule has 27 heavy (non-hydrogen) atoms. The van der Waals surface area contributed by atoms with Gasteiger partial charge in [-0.05, 0) is 51.3 Å². The van der Waals surface area contributed by atoms with Crippen LogP contribution >= 0.6 is 11.8 Å². The van der Waals surface area contributed by atoms with Gasteiger partial charge in [0.1, 0.15) is 6.54 Å². The third kappa shape index (κ3) is 7.62. The highest BCUT2D eigenvalue weighted by Crippen LogP contribution is 2.18. The van der Waals surface area contributed by atoms with Gasteiger partial charge >= 0.3 is 5.97 Å². The molecule has 0 aromatic heterocycles. The van der Waals surface area contributed by atoms with Crippen molar-refractivity contribution < 1.29 is 19.1 Å². The van der Waals surface area contributed by atoms with Crippen LogP contribution in [0.25, 0.3) is 0 Å². The third-order valence-corrected chi connectivity index (χ3v) is 5.28. The van der Waals surface area contributed by atoms with Crippen LogP contribution in [0.3, 0.4) is 0 Å².